The van der Waals surface area contributed by atoms with E-state index < -0.39 is 0 Å². The second-order valence-electron chi connectivity index (χ2n) is 20.7. The summed E-state index contributed by atoms with van der Waals surface area (Å²) in [5.41, 5.74) is 7.29. The number of rotatable bonds is 46. The topological polar surface area (TPSA) is 24.7 Å². The highest BCUT2D eigenvalue weighted by atomic mass is 14.8. The van der Waals surface area contributed by atoms with Crippen molar-refractivity contribution in [3.63, 3.8) is 0 Å². The molecule has 0 aliphatic heterocycles. The molecule has 0 N–H and O–H groups in total. The number of para-hydroxylation sites is 2. The van der Waals surface area contributed by atoms with Crippen LogP contribution in [-0.4, -0.2) is 11.4 Å². The summed E-state index contributed by atoms with van der Waals surface area (Å²) in [5.74, 6) is 14.0. The fourth-order valence-corrected chi connectivity index (χ4v) is 9.63. The van der Waals surface area contributed by atoms with Crippen molar-refractivity contribution >= 4 is 22.8 Å². The lowest BCUT2D eigenvalue weighted by molar-refractivity contribution is 0.533. The smallest absolute Gasteiger partial charge is 0.0665 e. The predicted molar refractivity (Wildman–Crippen MR) is 311 cm³/mol. The Morgan fingerprint density at radius 3 is 0.884 bits per heavy atom. The van der Waals surface area contributed by atoms with E-state index in [0.29, 0.717) is 0 Å². The van der Waals surface area contributed by atoms with Crippen LogP contribution in [0.4, 0.5) is 11.4 Å². The summed E-state index contributed by atoms with van der Waals surface area (Å²) in [4.78, 5) is 11.0. The molecule has 2 aromatic rings. The quantitative estimate of drug-likeness (QED) is 0.0359. The van der Waals surface area contributed by atoms with Gasteiger partial charge in [-0.05, 0) is 87.5 Å². The molecule has 0 bridgehead atoms. The predicted octanol–water partition coefficient (Wildman–Crippen LogP) is 22.5. The Morgan fingerprint density at radius 1 is 0.290 bits per heavy atom. The van der Waals surface area contributed by atoms with Crippen LogP contribution in [0.3, 0.4) is 0 Å². The van der Waals surface area contributed by atoms with E-state index in [2.05, 4.69) is 99.9 Å². The van der Waals surface area contributed by atoms with E-state index >= 15 is 0 Å². The van der Waals surface area contributed by atoms with Gasteiger partial charge in [-0.2, -0.15) is 0 Å². The third kappa shape index (κ3) is 36.5. The van der Waals surface area contributed by atoms with Crippen molar-refractivity contribution in [1.29, 1.82) is 0 Å². The summed E-state index contributed by atoms with van der Waals surface area (Å²) in [6.45, 7) is 9.19. The Bertz CT molecular complexity index is 1640. The van der Waals surface area contributed by atoms with Crippen molar-refractivity contribution in [3.05, 3.63) is 59.7 Å². The number of hydrogen-bond acceptors (Lipinski definition) is 2. The molecule has 0 saturated carbocycles. The number of hydrogen-bond donors (Lipinski definition) is 0. The first-order valence-electron chi connectivity index (χ1n) is 30.5. The summed E-state index contributed by atoms with van der Waals surface area (Å²) >= 11 is 0. The lowest BCUT2D eigenvalue weighted by Gasteiger charge is -2.14. The van der Waals surface area contributed by atoms with Crippen molar-refractivity contribution in [2.24, 2.45) is 9.98 Å². The second-order valence-corrected chi connectivity index (χ2v) is 20.7. The van der Waals surface area contributed by atoms with Gasteiger partial charge in [0, 0.05) is 25.7 Å². The fourth-order valence-electron chi connectivity index (χ4n) is 9.63. The third-order valence-electron chi connectivity index (χ3n) is 14.2. The van der Waals surface area contributed by atoms with Crippen molar-refractivity contribution in [1.82, 2.24) is 0 Å². The number of unbranched alkanes of at least 4 members (excludes halogenated alkanes) is 35. The van der Waals surface area contributed by atoms with Gasteiger partial charge in [0.25, 0.3) is 0 Å². The van der Waals surface area contributed by atoms with Crippen LogP contribution >= 0.6 is 0 Å². The molecule has 0 amide bonds. The molecule has 2 nitrogen and oxygen atoms in total. The number of aryl methyl sites for hydroxylation is 2. The van der Waals surface area contributed by atoms with Gasteiger partial charge >= 0.3 is 0 Å². The van der Waals surface area contributed by atoms with Crippen molar-refractivity contribution in [2.75, 3.05) is 0 Å². The van der Waals surface area contributed by atoms with Gasteiger partial charge in [-0.1, -0.05) is 263 Å². The SMILES string of the molecule is CCCCCCCCCCCCCCCCCC#CCCCc1ccccc1N=C(CCCC)C(CCCCC)=Nc1ccccc1CCCC#CCCCCCCCCCCCCCCCCC. The van der Waals surface area contributed by atoms with Gasteiger partial charge in [0.1, 0.15) is 0 Å². The first-order chi connectivity index (χ1) is 34.2. The van der Waals surface area contributed by atoms with Gasteiger partial charge < -0.3 is 0 Å². The number of nitrogens with zero attached hydrogens (tertiary/aromatic N) is 2. The fraction of sp³-hybridized carbons (Fsp3) is 0.731. The summed E-state index contributed by atoms with van der Waals surface area (Å²) in [6.07, 6.45) is 58.3. The number of benzene rings is 2. The molecular formula is C67H110N2. The molecule has 2 heteroatoms. The third-order valence-corrected chi connectivity index (χ3v) is 14.2. The lowest BCUT2D eigenvalue weighted by Crippen LogP contribution is -2.15. The van der Waals surface area contributed by atoms with Gasteiger partial charge in [-0.25, -0.2) is 0 Å². The van der Waals surface area contributed by atoms with E-state index in [0.717, 1.165) is 94.8 Å². The summed E-state index contributed by atoms with van der Waals surface area (Å²) < 4.78 is 0. The van der Waals surface area contributed by atoms with Crippen LogP contribution in [0.2, 0.25) is 0 Å². The lowest BCUT2D eigenvalue weighted by atomic mass is 10.0. The minimum Gasteiger partial charge on any atom is -0.251 e. The molecule has 0 spiro atoms. The van der Waals surface area contributed by atoms with Crippen LogP contribution in [0.1, 0.15) is 315 Å². The molecule has 388 valence electrons. The molecule has 0 aliphatic carbocycles. The van der Waals surface area contributed by atoms with Crippen molar-refractivity contribution in [2.45, 2.75) is 317 Å². The monoisotopic (exact) mass is 943 g/mol. The van der Waals surface area contributed by atoms with Crippen LogP contribution in [0.15, 0.2) is 58.5 Å². The van der Waals surface area contributed by atoms with Crippen molar-refractivity contribution in [3.8, 4) is 23.7 Å². The van der Waals surface area contributed by atoms with Crippen LogP contribution in [0.5, 0.6) is 0 Å². The molecule has 2 rings (SSSR count). The zero-order valence-corrected chi connectivity index (χ0v) is 46.3. The van der Waals surface area contributed by atoms with Gasteiger partial charge in [0.05, 0.1) is 22.8 Å². The molecule has 0 atom stereocenters. The van der Waals surface area contributed by atoms with Gasteiger partial charge in [-0.15, -0.1) is 23.7 Å². The largest absolute Gasteiger partial charge is 0.251 e. The van der Waals surface area contributed by atoms with Crippen molar-refractivity contribution < 1.29 is 0 Å². The summed E-state index contributed by atoms with van der Waals surface area (Å²) in [7, 11) is 0. The Morgan fingerprint density at radius 2 is 0.551 bits per heavy atom. The average Bonchev–Trinajstić information content (AvgIpc) is 3.37. The molecule has 0 aromatic heterocycles. The standard InChI is InChI=1S/C67H110N2/c1-5-9-13-15-17-19-21-23-25-27-29-31-33-35-37-39-41-43-45-48-54-62-56-50-52-59-64(62)68-66(58-12-8-4)67(61-47-11-7-3)69-65-60-53-51-57-63(65)55-49-46-44-42-40-38-36-34-32-30-28-26-24-22-20-18-16-14-10-6-2/h50-53,56-57,59-60H,5-40,45-49,54-55,58,61H2,1-4H3. The van der Waals surface area contributed by atoms with Crippen LogP contribution in [-0.2, 0) is 12.8 Å². The van der Waals surface area contributed by atoms with Crippen LogP contribution in [0.25, 0.3) is 0 Å². The summed E-state index contributed by atoms with van der Waals surface area (Å²) in [6, 6.07) is 17.7. The Labute approximate surface area is 430 Å². The second kappa shape index (κ2) is 48.5. The van der Waals surface area contributed by atoms with E-state index in [1.54, 1.807) is 0 Å². The maximum Gasteiger partial charge on any atom is 0.0665 e. The molecule has 0 saturated heterocycles. The molecule has 0 radical (unpaired) electrons. The van der Waals surface area contributed by atoms with E-state index in [1.165, 1.54) is 228 Å². The highest BCUT2D eigenvalue weighted by Crippen LogP contribution is 2.26. The zero-order chi connectivity index (χ0) is 49.2. The molecule has 0 aliphatic rings. The van der Waals surface area contributed by atoms with Gasteiger partial charge in [0.15, 0.2) is 0 Å². The molecule has 0 fully saturated rings. The van der Waals surface area contributed by atoms with E-state index in [9.17, 15) is 0 Å². The maximum atomic E-state index is 5.50. The first kappa shape index (κ1) is 62.0. The Hall–Kier alpha value is -3.10. The van der Waals surface area contributed by atoms with E-state index in [4.69, 9.17) is 9.98 Å². The minimum atomic E-state index is 0.963. The van der Waals surface area contributed by atoms with E-state index in [1.807, 2.05) is 0 Å². The molecule has 0 heterocycles. The maximum absolute atomic E-state index is 5.50. The molecule has 69 heavy (non-hydrogen) atoms. The first-order valence-corrected chi connectivity index (χ1v) is 30.5. The minimum absolute atomic E-state index is 0.963. The Balaban J connectivity index is 1.81. The molecule has 0 unspecified atom stereocenters. The number of aliphatic imine (C=N–C) groups is 2. The zero-order valence-electron chi connectivity index (χ0n) is 46.3. The highest BCUT2D eigenvalue weighted by molar-refractivity contribution is 6.43. The van der Waals surface area contributed by atoms with Crippen LogP contribution in [0, 0.1) is 23.7 Å². The molecule has 2 aromatic carbocycles. The van der Waals surface area contributed by atoms with Gasteiger partial charge in [0.2, 0.25) is 0 Å². The van der Waals surface area contributed by atoms with Crippen LogP contribution < -0.4 is 0 Å². The van der Waals surface area contributed by atoms with E-state index in [-0.39, 0.29) is 0 Å². The summed E-state index contributed by atoms with van der Waals surface area (Å²) in [5, 5.41) is 0. The Kier molecular flexibility index (Phi) is 43.6. The van der Waals surface area contributed by atoms with Gasteiger partial charge in [-0.3, -0.25) is 9.98 Å². The normalized spacial score (nSPS) is 11.7. The average molecular weight is 944 g/mol. The highest BCUT2D eigenvalue weighted by Gasteiger charge is 2.13. The molecular weight excluding hydrogens is 833 g/mol.